The first-order chi connectivity index (χ1) is 14.9. The molecule has 0 spiro atoms. The van der Waals surface area contributed by atoms with E-state index in [-0.39, 0.29) is 5.69 Å². The number of rotatable bonds is 6. The molecule has 2 amide bonds. The van der Waals surface area contributed by atoms with Gasteiger partial charge in [0.1, 0.15) is 0 Å². The summed E-state index contributed by atoms with van der Waals surface area (Å²) in [5.41, 5.74) is 1.18. The third kappa shape index (κ3) is 5.30. The first-order valence-electron chi connectivity index (χ1n) is 9.14. The van der Waals surface area contributed by atoms with Crippen molar-refractivity contribution < 1.29 is 18.0 Å². The largest absolute Gasteiger partial charge is 0.416 e. The Bertz CT molecular complexity index is 1200. The van der Waals surface area contributed by atoms with E-state index < -0.39 is 17.8 Å². The number of pyridine rings is 1. The molecule has 0 saturated carbocycles. The van der Waals surface area contributed by atoms with Gasteiger partial charge in [0.15, 0.2) is 5.13 Å². The van der Waals surface area contributed by atoms with Crippen molar-refractivity contribution in [1.29, 1.82) is 0 Å². The molecule has 0 unspecified atom stereocenters. The molecule has 0 atom stereocenters. The lowest BCUT2D eigenvalue weighted by atomic mass is 10.2. The van der Waals surface area contributed by atoms with Crippen LogP contribution in [0.25, 0.3) is 10.2 Å². The lowest BCUT2D eigenvalue weighted by Gasteiger charge is -2.09. The monoisotopic (exact) mass is 463 g/mol. The van der Waals surface area contributed by atoms with E-state index in [0.717, 1.165) is 32.9 Å². The van der Waals surface area contributed by atoms with Crippen LogP contribution in [0, 0.1) is 0 Å². The lowest BCUT2D eigenvalue weighted by molar-refractivity contribution is -0.137. The molecule has 3 N–H and O–H groups in total. The number of hydrogen-bond acceptors (Lipinski definition) is 6. The minimum absolute atomic E-state index is 0.0468. The molecule has 0 saturated heterocycles. The van der Waals surface area contributed by atoms with Crippen LogP contribution in [-0.4, -0.2) is 22.5 Å². The Morgan fingerprint density at radius 3 is 2.81 bits per heavy atom. The zero-order valence-electron chi connectivity index (χ0n) is 15.9. The molecule has 4 aromatic rings. The molecular formula is C20H16F3N5OS2. The molecule has 0 radical (unpaired) electrons. The number of halogens is 3. The van der Waals surface area contributed by atoms with Crippen molar-refractivity contribution in [3.05, 3.63) is 64.6 Å². The summed E-state index contributed by atoms with van der Waals surface area (Å²) >= 11 is 2.93. The molecule has 160 valence electrons. The molecule has 0 aliphatic heterocycles. The summed E-state index contributed by atoms with van der Waals surface area (Å²) in [5.74, 6) is 0. The normalized spacial score (nSPS) is 11.5. The molecule has 0 aliphatic rings. The third-order valence-corrected chi connectivity index (χ3v) is 6.16. The van der Waals surface area contributed by atoms with E-state index in [4.69, 9.17) is 0 Å². The highest BCUT2D eigenvalue weighted by molar-refractivity contribution is 7.17. The van der Waals surface area contributed by atoms with E-state index in [9.17, 15) is 18.0 Å². The van der Waals surface area contributed by atoms with Crippen molar-refractivity contribution in [2.24, 2.45) is 0 Å². The zero-order valence-corrected chi connectivity index (χ0v) is 17.5. The van der Waals surface area contributed by atoms with Crippen molar-refractivity contribution in [2.75, 3.05) is 22.5 Å². The highest BCUT2D eigenvalue weighted by atomic mass is 32.1. The van der Waals surface area contributed by atoms with E-state index in [1.807, 2.05) is 17.5 Å². The number of nitrogens with zero attached hydrogens (tertiary/aromatic N) is 2. The summed E-state index contributed by atoms with van der Waals surface area (Å²) < 4.78 is 39.4. The van der Waals surface area contributed by atoms with E-state index in [2.05, 4.69) is 25.9 Å². The van der Waals surface area contributed by atoms with E-state index >= 15 is 0 Å². The number of aromatic nitrogens is 2. The minimum atomic E-state index is -4.47. The first kappa shape index (κ1) is 21.1. The minimum Gasteiger partial charge on any atom is -0.383 e. The van der Waals surface area contributed by atoms with Crippen molar-refractivity contribution in [3.63, 3.8) is 0 Å². The predicted octanol–water partition coefficient (Wildman–Crippen LogP) is 6.07. The number of hydrogen-bond donors (Lipinski definition) is 3. The van der Waals surface area contributed by atoms with Gasteiger partial charge < -0.3 is 10.6 Å². The number of nitrogens with one attached hydrogen (secondary N) is 3. The average molecular weight is 464 g/mol. The fourth-order valence-electron chi connectivity index (χ4n) is 2.85. The predicted molar refractivity (Wildman–Crippen MR) is 118 cm³/mol. The number of carbonyl (C=O) groups is 1. The number of anilines is 3. The summed E-state index contributed by atoms with van der Waals surface area (Å²) in [6.07, 6.45) is -0.351. The van der Waals surface area contributed by atoms with Crippen molar-refractivity contribution >= 4 is 55.4 Å². The number of fused-ring (bicyclic) bond motifs is 1. The topological polar surface area (TPSA) is 78.9 Å². The Morgan fingerprint density at radius 2 is 1.97 bits per heavy atom. The number of amides is 2. The van der Waals surface area contributed by atoms with Gasteiger partial charge in [-0.25, -0.2) is 9.78 Å². The second-order valence-corrected chi connectivity index (χ2v) is 8.49. The van der Waals surface area contributed by atoms with Gasteiger partial charge in [-0.3, -0.25) is 10.3 Å². The van der Waals surface area contributed by atoms with Crippen LogP contribution in [0.1, 0.15) is 10.4 Å². The van der Waals surface area contributed by atoms with Crippen LogP contribution in [0.4, 0.5) is 34.5 Å². The van der Waals surface area contributed by atoms with Crippen LogP contribution >= 0.6 is 22.7 Å². The molecule has 3 heterocycles. The van der Waals surface area contributed by atoms with Crippen molar-refractivity contribution in [2.45, 2.75) is 12.6 Å². The molecule has 3 aromatic heterocycles. The van der Waals surface area contributed by atoms with Gasteiger partial charge in [-0.05, 0) is 35.7 Å². The summed E-state index contributed by atoms with van der Waals surface area (Å²) in [4.78, 5) is 21.5. The maximum Gasteiger partial charge on any atom is 0.416 e. The molecule has 11 heteroatoms. The van der Waals surface area contributed by atoms with Crippen LogP contribution in [0.5, 0.6) is 0 Å². The molecule has 0 fully saturated rings. The number of urea groups is 1. The van der Waals surface area contributed by atoms with E-state index in [1.165, 1.54) is 23.5 Å². The van der Waals surface area contributed by atoms with Crippen LogP contribution < -0.4 is 16.0 Å². The van der Waals surface area contributed by atoms with Gasteiger partial charge in [-0.15, -0.1) is 22.7 Å². The molecule has 4 rings (SSSR count). The molecular weight excluding hydrogens is 447 g/mol. The van der Waals surface area contributed by atoms with Crippen molar-refractivity contribution in [1.82, 2.24) is 9.97 Å². The first-order valence-corrected chi connectivity index (χ1v) is 10.8. The SMILES string of the molecule is O=C(Nc1cccc(C(F)(F)F)c1)Nc1ncc(CCNc2ccnc3ccsc23)s1. The Labute approximate surface area is 183 Å². The van der Waals surface area contributed by atoms with E-state index in [1.54, 1.807) is 23.7 Å². The molecule has 0 aliphatic carbocycles. The number of benzene rings is 1. The summed E-state index contributed by atoms with van der Waals surface area (Å²) in [6.45, 7) is 0.676. The number of thiophene rings is 1. The number of alkyl halides is 3. The Hall–Kier alpha value is -3.18. The fraction of sp³-hybridized carbons (Fsp3) is 0.150. The van der Waals surface area contributed by atoms with Crippen LogP contribution in [0.2, 0.25) is 0 Å². The molecule has 0 bridgehead atoms. The molecule has 1 aromatic carbocycles. The maximum absolute atomic E-state index is 12.8. The maximum atomic E-state index is 12.8. The summed E-state index contributed by atoms with van der Waals surface area (Å²) in [7, 11) is 0. The highest BCUT2D eigenvalue weighted by Gasteiger charge is 2.30. The van der Waals surface area contributed by atoms with Gasteiger partial charge in [0, 0.05) is 35.9 Å². The molecule has 6 nitrogen and oxygen atoms in total. The van der Waals surface area contributed by atoms with Crippen LogP contribution in [-0.2, 0) is 12.6 Å². The Morgan fingerprint density at radius 1 is 1.10 bits per heavy atom. The van der Waals surface area contributed by atoms with Crippen molar-refractivity contribution in [3.8, 4) is 0 Å². The van der Waals surface area contributed by atoms with Gasteiger partial charge in [-0.2, -0.15) is 13.2 Å². The highest BCUT2D eigenvalue weighted by Crippen LogP contribution is 2.31. The van der Waals surface area contributed by atoms with Gasteiger partial charge in [-0.1, -0.05) is 6.07 Å². The number of carbonyl (C=O) groups excluding carboxylic acids is 1. The summed E-state index contributed by atoms with van der Waals surface area (Å²) in [5, 5.41) is 10.7. The zero-order chi connectivity index (χ0) is 21.8. The smallest absolute Gasteiger partial charge is 0.383 e. The quantitative estimate of drug-likeness (QED) is 0.324. The molecule has 31 heavy (non-hydrogen) atoms. The fourth-order valence-corrected chi connectivity index (χ4v) is 4.50. The summed E-state index contributed by atoms with van der Waals surface area (Å²) in [6, 6.07) is 7.68. The van der Waals surface area contributed by atoms with Gasteiger partial charge in [0.25, 0.3) is 0 Å². The van der Waals surface area contributed by atoms with Crippen LogP contribution in [0.3, 0.4) is 0 Å². The van der Waals surface area contributed by atoms with Gasteiger partial charge in [0.05, 0.1) is 21.5 Å². The van der Waals surface area contributed by atoms with E-state index in [0.29, 0.717) is 18.1 Å². The Kier molecular flexibility index (Phi) is 6.05. The van der Waals surface area contributed by atoms with Gasteiger partial charge >= 0.3 is 12.2 Å². The lowest BCUT2D eigenvalue weighted by Crippen LogP contribution is -2.19. The second-order valence-electron chi connectivity index (χ2n) is 6.46. The van der Waals surface area contributed by atoms with Gasteiger partial charge in [0.2, 0.25) is 0 Å². The standard InChI is InChI=1S/C20H16F3N5OS2/c21-20(22,23)12-2-1-3-13(10-12)27-18(29)28-19-26-11-14(31-19)4-7-24-15-5-8-25-16-6-9-30-17(15)16/h1-3,5-6,8-11H,4,7H2,(H,24,25)(H2,26,27,28,29). The number of thiazole rings is 1. The third-order valence-electron chi connectivity index (χ3n) is 4.25. The van der Waals surface area contributed by atoms with Crippen LogP contribution in [0.15, 0.2) is 54.2 Å². The Balaban J connectivity index is 1.30. The average Bonchev–Trinajstić information content (AvgIpc) is 3.37. The second kappa shape index (κ2) is 8.90.